The molecule has 0 saturated carbocycles. The number of hydrogen-bond donors (Lipinski definition) is 4. The second-order valence-electron chi connectivity index (χ2n) is 10.4. The Bertz CT molecular complexity index is 1430. The highest BCUT2D eigenvalue weighted by Crippen LogP contribution is 2.46. The number of nitrogens with zero attached hydrogens (tertiary/aromatic N) is 4. The van der Waals surface area contributed by atoms with Gasteiger partial charge in [0.25, 0.3) is 11.8 Å². The summed E-state index contributed by atoms with van der Waals surface area (Å²) in [4.78, 5) is 44.2. The van der Waals surface area contributed by atoms with Crippen molar-refractivity contribution in [1.29, 1.82) is 5.26 Å². The number of aromatic amines is 1. The Kier molecular flexibility index (Phi) is 8.12. The van der Waals surface area contributed by atoms with E-state index in [1.807, 2.05) is 36.4 Å². The molecule has 1 saturated heterocycles. The molecule has 1 fully saturated rings. The summed E-state index contributed by atoms with van der Waals surface area (Å²) in [6.45, 7) is 1.18. The molecule has 2 heterocycles. The van der Waals surface area contributed by atoms with Gasteiger partial charge in [0.15, 0.2) is 0 Å². The fraction of sp³-hybridized carbons (Fsp3) is 0.400. The number of H-pyrrole nitrogens is 1. The predicted octanol–water partition coefficient (Wildman–Crippen LogP) is 1.45. The Hall–Kier alpha value is -4.56. The highest BCUT2D eigenvalue weighted by atomic mass is 16.2. The maximum Gasteiger partial charge on any atom is 0.251 e. The van der Waals surface area contributed by atoms with Gasteiger partial charge < -0.3 is 20.9 Å². The van der Waals surface area contributed by atoms with Gasteiger partial charge in [-0.15, -0.1) is 0 Å². The van der Waals surface area contributed by atoms with Crippen molar-refractivity contribution in [2.24, 2.45) is 0 Å². The monoisotopic (exact) mass is 554 g/mol. The van der Waals surface area contributed by atoms with E-state index in [2.05, 4.69) is 37.2 Å². The molecule has 4 N–H and O–H groups in total. The molecular formula is C30H34N8O3. The van der Waals surface area contributed by atoms with Gasteiger partial charge in [0.2, 0.25) is 5.91 Å². The Morgan fingerprint density at radius 3 is 2.22 bits per heavy atom. The first-order valence-corrected chi connectivity index (χ1v) is 13.9. The van der Waals surface area contributed by atoms with Crippen molar-refractivity contribution in [3.05, 3.63) is 81.9 Å². The summed E-state index contributed by atoms with van der Waals surface area (Å²) >= 11 is 0. The second-order valence-corrected chi connectivity index (χ2v) is 10.4. The van der Waals surface area contributed by atoms with Crippen LogP contribution in [0, 0.1) is 11.3 Å². The maximum atomic E-state index is 12.9. The third-order valence-electron chi connectivity index (χ3n) is 8.27. The molecule has 1 aromatic heterocycles. The molecule has 1 aliphatic carbocycles. The largest absolute Gasteiger partial charge is 0.355 e. The van der Waals surface area contributed by atoms with Crippen LogP contribution < -0.4 is 16.0 Å². The number of nitriles is 1. The lowest BCUT2D eigenvalue weighted by Gasteiger charge is -2.35. The molecular weight excluding hydrogens is 520 g/mol. The number of aryl methyl sites for hydroxylation is 2. The summed E-state index contributed by atoms with van der Waals surface area (Å²) in [5, 5.41) is 25.4. The number of hydrogen-bond acceptors (Lipinski definition) is 7. The van der Waals surface area contributed by atoms with Gasteiger partial charge in [-0.2, -0.15) is 10.4 Å². The number of likely N-dealkylation sites (tertiary alicyclic amines) is 1. The van der Waals surface area contributed by atoms with E-state index in [4.69, 9.17) is 0 Å². The van der Waals surface area contributed by atoms with Crippen LogP contribution in [-0.2, 0) is 23.1 Å². The minimum absolute atomic E-state index is 0.0881. The highest BCUT2D eigenvalue weighted by molar-refractivity contribution is 5.95. The molecule has 0 bridgehead atoms. The summed E-state index contributed by atoms with van der Waals surface area (Å²) in [7, 11) is 3.22. The number of fused-ring (bicyclic) bond motifs is 2. The van der Waals surface area contributed by atoms with Crippen LogP contribution >= 0.6 is 0 Å². The molecule has 0 radical (unpaired) electrons. The van der Waals surface area contributed by atoms with Crippen LogP contribution in [0.5, 0.6) is 0 Å². The Morgan fingerprint density at radius 1 is 1.05 bits per heavy atom. The van der Waals surface area contributed by atoms with Gasteiger partial charge in [0.1, 0.15) is 18.2 Å². The fourth-order valence-electron chi connectivity index (χ4n) is 6.25. The van der Waals surface area contributed by atoms with Crippen LogP contribution in [0.15, 0.2) is 42.7 Å². The Morgan fingerprint density at radius 2 is 1.68 bits per heavy atom. The highest BCUT2D eigenvalue weighted by Gasteiger charge is 2.43. The van der Waals surface area contributed by atoms with Gasteiger partial charge in [0.05, 0.1) is 18.0 Å². The number of nitrogens with one attached hydrogen (secondary N) is 4. The third kappa shape index (κ3) is 5.18. The molecule has 5 rings (SSSR count). The number of carbonyl (C=O) groups is 3. The van der Waals surface area contributed by atoms with Crippen LogP contribution in [0.3, 0.4) is 0 Å². The minimum atomic E-state index is -0.793. The zero-order valence-electron chi connectivity index (χ0n) is 23.3. The fourth-order valence-corrected chi connectivity index (χ4v) is 6.25. The molecule has 11 nitrogen and oxygen atoms in total. The van der Waals surface area contributed by atoms with E-state index in [9.17, 15) is 19.6 Å². The van der Waals surface area contributed by atoms with Crippen molar-refractivity contribution in [1.82, 2.24) is 36.0 Å². The first-order chi connectivity index (χ1) is 19.9. The molecule has 3 amide bonds. The summed E-state index contributed by atoms with van der Waals surface area (Å²) in [5.74, 6) is 0.216. The van der Waals surface area contributed by atoms with Crippen LogP contribution in [0.1, 0.15) is 68.1 Å². The lowest BCUT2D eigenvalue weighted by molar-refractivity contribution is -0.130. The SMILES string of the molecule is CNC(=O)c1ccc2c(c1)CCc1cc(C(=O)NC)ccc1C2(CCNCC(=O)N1CCC[C@H]1C#N)c1ncn[nH]1. The predicted molar refractivity (Wildman–Crippen MR) is 151 cm³/mol. The maximum absolute atomic E-state index is 12.9. The molecule has 212 valence electrons. The number of aromatic nitrogens is 3. The first-order valence-electron chi connectivity index (χ1n) is 13.9. The topological polar surface area (TPSA) is 156 Å². The third-order valence-corrected chi connectivity index (χ3v) is 8.27. The number of amides is 3. The molecule has 41 heavy (non-hydrogen) atoms. The van der Waals surface area contributed by atoms with Crippen molar-refractivity contribution in [3.63, 3.8) is 0 Å². The van der Waals surface area contributed by atoms with E-state index in [1.54, 1.807) is 19.0 Å². The van der Waals surface area contributed by atoms with Gasteiger partial charge in [-0.3, -0.25) is 19.5 Å². The van der Waals surface area contributed by atoms with Gasteiger partial charge in [-0.1, -0.05) is 12.1 Å². The lowest BCUT2D eigenvalue weighted by atomic mass is 9.69. The smallest absolute Gasteiger partial charge is 0.251 e. The van der Waals surface area contributed by atoms with E-state index < -0.39 is 5.41 Å². The number of carbonyl (C=O) groups excluding carboxylic acids is 3. The van der Waals surface area contributed by atoms with Crippen LogP contribution in [0.4, 0.5) is 0 Å². The van der Waals surface area contributed by atoms with Gasteiger partial charge >= 0.3 is 0 Å². The van der Waals surface area contributed by atoms with Crippen LogP contribution in [0.2, 0.25) is 0 Å². The number of benzene rings is 2. The first kappa shape index (κ1) is 28.0. The van der Waals surface area contributed by atoms with Crippen LogP contribution in [0.25, 0.3) is 0 Å². The molecule has 3 aromatic rings. The Labute approximate surface area is 238 Å². The van der Waals surface area contributed by atoms with Gasteiger partial charge in [0, 0.05) is 31.8 Å². The standard InChI is InChI=1S/C30H34N8O3/c1-32-27(40)21-7-9-24-19(14-21)5-6-20-15-22(28(41)33-2)8-10-25(20)30(24,29-35-18-36-37-29)11-12-34-17-26(39)38-13-3-4-23(38)16-31/h7-10,14-15,18,23,34H,3-6,11-13,17H2,1-2H3,(H,32,40)(H,33,41)(H,35,36,37)/t23-/m0/s1. The molecule has 0 spiro atoms. The van der Waals surface area contributed by atoms with E-state index in [-0.39, 0.29) is 30.3 Å². The summed E-state index contributed by atoms with van der Waals surface area (Å²) in [6.07, 6.45) is 4.87. The van der Waals surface area contributed by atoms with E-state index >= 15 is 0 Å². The summed E-state index contributed by atoms with van der Waals surface area (Å²) in [6, 6.07) is 13.3. The van der Waals surface area contributed by atoms with E-state index in [1.165, 1.54) is 6.33 Å². The van der Waals surface area contributed by atoms with Crippen molar-refractivity contribution in [2.75, 3.05) is 33.7 Å². The quantitative estimate of drug-likeness (QED) is 0.307. The molecule has 1 aliphatic heterocycles. The Balaban J connectivity index is 1.55. The van der Waals surface area contributed by atoms with E-state index in [0.29, 0.717) is 55.7 Å². The van der Waals surface area contributed by atoms with Crippen molar-refractivity contribution in [2.45, 2.75) is 43.6 Å². The normalized spacial score (nSPS) is 17.1. The lowest BCUT2D eigenvalue weighted by Crippen LogP contribution is -2.42. The van der Waals surface area contributed by atoms with Gasteiger partial charge in [-0.25, -0.2) is 4.98 Å². The van der Waals surface area contributed by atoms with Crippen LogP contribution in [-0.4, -0.2) is 77.6 Å². The minimum Gasteiger partial charge on any atom is -0.355 e. The zero-order valence-corrected chi connectivity index (χ0v) is 23.3. The summed E-state index contributed by atoms with van der Waals surface area (Å²) in [5.41, 5.74) is 4.33. The van der Waals surface area contributed by atoms with E-state index in [0.717, 1.165) is 28.7 Å². The molecule has 1 atom stereocenters. The van der Waals surface area contributed by atoms with Crippen molar-refractivity contribution in [3.8, 4) is 6.07 Å². The van der Waals surface area contributed by atoms with Crippen molar-refractivity contribution >= 4 is 17.7 Å². The number of rotatable bonds is 8. The molecule has 2 aliphatic rings. The molecule has 0 unspecified atom stereocenters. The second kappa shape index (κ2) is 11.9. The van der Waals surface area contributed by atoms with Crippen molar-refractivity contribution < 1.29 is 14.4 Å². The average Bonchev–Trinajstić information content (AvgIpc) is 3.70. The molecule has 2 aromatic carbocycles. The zero-order chi connectivity index (χ0) is 29.0. The average molecular weight is 555 g/mol. The summed E-state index contributed by atoms with van der Waals surface area (Å²) < 4.78 is 0. The van der Waals surface area contributed by atoms with Gasteiger partial charge in [-0.05, 0) is 85.2 Å². The molecule has 11 heteroatoms.